The summed E-state index contributed by atoms with van der Waals surface area (Å²) < 4.78 is 12.0. The predicted molar refractivity (Wildman–Crippen MR) is 130 cm³/mol. The van der Waals surface area contributed by atoms with Gasteiger partial charge in [0.05, 0.1) is 19.6 Å². The fourth-order valence-electron chi connectivity index (χ4n) is 5.99. The van der Waals surface area contributed by atoms with E-state index in [9.17, 15) is 9.59 Å². The highest BCUT2D eigenvalue weighted by atomic mass is 35.5. The molecule has 2 aromatic carbocycles. The van der Waals surface area contributed by atoms with Crippen LogP contribution in [0.3, 0.4) is 0 Å². The summed E-state index contributed by atoms with van der Waals surface area (Å²) in [4.78, 5) is 30.7. The lowest BCUT2D eigenvalue weighted by molar-refractivity contribution is -0.471. The number of methoxy groups -OCH3 is 2. The number of imide groups is 1. The summed E-state index contributed by atoms with van der Waals surface area (Å²) >= 11 is 1.43. The van der Waals surface area contributed by atoms with Crippen molar-refractivity contribution in [2.24, 2.45) is 5.92 Å². The average Bonchev–Trinajstić information content (AvgIpc) is 3.45. The molecule has 3 amide bonds. The van der Waals surface area contributed by atoms with E-state index in [-0.39, 0.29) is 24.3 Å². The summed E-state index contributed by atoms with van der Waals surface area (Å²) in [7, 11) is 3.35. The third-order valence-electron chi connectivity index (χ3n) is 7.62. The van der Waals surface area contributed by atoms with E-state index in [0.29, 0.717) is 41.2 Å². The molecule has 0 bridgehead atoms. The first kappa shape index (κ1) is 24.1. The average molecular weight is 514 g/mol. The van der Waals surface area contributed by atoms with Crippen molar-refractivity contribution in [1.29, 1.82) is 0 Å². The zero-order valence-corrected chi connectivity index (χ0v) is 21.3. The molecule has 0 saturated carbocycles. The number of urea groups is 1. The quantitative estimate of drug-likeness (QED) is 0.533. The van der Waals surface area contributed by atoms with Crippen LogP contribution in [0.15, 0.2) is 36.4 Å². The molecular formula is C26H28ClN3O4S. The van der Waals surface area contributed by atoms with Gasteiger partial charge in [-0.1, -0.05) is 18.2 Å². The molecule has 184 valence electrons. The van der Waals surface area contributed by atoms with Gasteiger partial charge in [0.25, 0.3) is 5.91 Å². The van der Waals surface area contributed by atoms with Crippen LogP contribution in [-0.4, -0.2) is 62.1 Å². The molecule has 1 aromatic heterocycles. The van der Waals surface area contributed by atoms with Crippen molar-refractivity contribution < 1.29 is 36.8 Å². The number of rotatable bonds is 5. The molecule has 2 aliphatic heterocycles. The van der Waals surface area contributed by atoms with Crippen LogP contribution in [0, 0.1) is 5.92 Å². The highest BCUT2D eigenvalue weighted by Gasteiger charge is 2.41. The number of carbonyl (C=O) groups excluding carboxylic acids is 2. The Morgan fingerprint density at radius 3 is 2.60 bits per heavy atom. The fraction of sp³-hybridized carbons (Fsp3) is 0.385. The molecular weight excluding hydrogens is 486 g/mol. The Morgan fingerprint density at radius 2 is 1.80 bits per heavy atom. The summed E-state index contributed by atoms with van der Waals surface area (Å²) in [5.74, 6) is 2.58. The van der Waals surface area contributed by atoms with Gasteiger partial charge in [0.15, 0.2) is 10.6 Å². The van der Waals surface area contributed by atoms with Crippen molar-refractivity contribution in [3.8, 4) is 11.5 Å². The number of amides is 3. The summed E-state index contributed by atoms with van der Waals surface area (Å²) in [6.07, 6.45) is 2.20. The van der Waals surface area contributed by atoms with Crippen molar-refractivity contribution in [3.63, 3.8) is 0 Å². The molecule has 1 fully saturated rings. The van der Waals surface area contributed by atoms with Gasteiger partial charge in [-0.05, 0) is 48.1 Å². The molecule has 9 heteroatoms. The number of nitrogens with two attached hydrogens (primary N) is 1. The van der Waals surface area contributed by atoms with E-state index in [1.54, 1.807) is 19.5 Å². The first-order valence-corrected chi connectivity index (χ1v) is 12.6. The van der Waals surface area contributed by atoms with Crippen molar-refractivity contribution in [2.45, 2.75) is 18.8 Å². The number of hydrogen-bond acceptors (Lipinski definition) is 6. The third-order valence-corrected chi connectivity index (χ3v) is 8.78. The van der Waals surface area contributed by atoms with Crippen molar-refractivity contribution in [1.82, 2.24) is 9.80 Å². The number of fused-ring (bicyclic) bond motifs is 6. The van der Waals surface area contributed by atoms with E-state index in [4.69, 9.17) is 9.47 Å². The van der Waals surface area contributed by atoms with Crippen LogP contribution in [0.1, 0.15) is 33.1 Å². The molecule has 0 radical (unpaired) electrons. The number of likely N-dealkylation sites (tertiary alicyclic amines) is 1. The summed E-state index contributed by atoms with van der Waals surface area (Å²) in [6, 6.07) is 11.9. The minimum Gasteiger partial charge on any atom is -1.00 e. The number of quaternary nitrogens is 1. The monoisotopic (exact) mass is 513 g/mol. The van der Waals surface area contributed by atoms with Gasteiger partial charge in [-0.25, -0.2) is 15.0 Å². The number of primary amides is 1. The van der Waals surface area contributed by atoms with Gasteiger partial charge >= 0.3 is 6.03 Å². The zero-order chi connectivity index (χ0) is 23.4. The number of halogens is 1. The van der Waals surface area contributed by atoms with Gasteiger partial charge in [-0.2, -0.15) is 0 Å². The Bertz CT molecular complexity index is 1310. The van der Waals surface area contributed by atoms with Crippen molar-refractivity contribution in [3.05, 3.63) is 52.4 Å². The van der Waals surface area contributed by atoms with Crippen LogP contribution < -0.4 is 27.2 Å². The molecule has 3 aromatic rings. The zero-order valence-electron chi connectivity index (χ0n) is 19.8. The second-order valence-electron chi connectivity index (χ2n) is 9.31. The number of ether oxygens (including phenoxy) is 2. The van der Waals surface area contributed by atoms with Gasteiger partial charge in [0, 0.05) is 36.8 Å². The third kappa shape index (κ3) is 3.89. The maximum absolute atomic E-state index is 13.3. The van der Waals surface area contributed by atoms with E-state index in [1.165, 1.54) is 27.4 Å². The van der Waals surface area contributed by atoms with Crippen LogP contribution in [0.2, 0.25) is 0 Å². The second kappa shape index (κ2) is 9.43. The van der Waals surface area contributed by atoms with Crippen LogP contribution in [0.25, 0.3) is 10.1 Å². The minimum atomic E-state index is -0.241. The van der Waals surface area contributed by atoms with E-state index >= 15 is 0 Å². The van der Waals surface area contributed by atoms with Gasteiger partial charge in [0.1, 0.15) is 11.5 Å². The van der Waals surface area contributed by atoms with Gasteiger partial charge < -0.3 is 26.8 Å². The lowest BCUT2D eigenvalue weighted by Crippen LogP contribution is -3.00. The largest absolute Gasteiger partial charge is 1.00 e. The summed E-state index contributed by atoms with van der Waals surface area (Å²) in [5.41, 5.74) is 3.44. The first-order valence-electron chi connectivity index (χ1n) is 11.8. The molecule has 2 atom stereocenters. The maximum atomic E-state index is 13.3. The number of nitrogens with zero attached hydrogens (tertiary/aromatic N) is 2. The number of thiophene rings is 1. The Balaban J connectivity index is 0.00000253. The lowest BCUT2D eigenvalue weighted by atomic mass is 9.77. The Hall–Kier alpha value is -2.65. The predicted octanol–water partition coefficient (Wildman–Crippen LogP) is 0.355. The Morgan fingerprint density at radius 1 is 1.03 bits per heavy atom. The van der Waals surface area contributed by atoms with Crippen LogP contribution >= 0.6 is 11.3 Å². The maximum Gasteiger partial charge on any atom is 0.428 e. The topological polar surface area (TPSA) is 75.7 Å². The van der Waals surface area contributed by atoms with Gasteiger partial charge in [-0.3, -0.25) is 4.79 Å². The molecule has 6 rings (SSSR count). The molecule has 3 heterocycles. The molecule has 1 saturated heterocycles. The van der Waals surface area contributed by atoms with E-state index < -0.39 is 0 Å². The summed E-state index contributed by atoms with van der Waals surface area (Å²) in [6.45, 7) is 3.06. The summed E-state index contributed by atoms with van der Waals surface area (Å²) in [5, 5.41) is 2.45. The van der Waals surface area contributed by atoms with E-state index in [0.717, 1.165) is 41.8 Å². The first-order chi connectivity index (χ1) is 16.6. The highest BCUT2D eigenvalue weighted by molar-refractivity contribution is 7.21. The number of carbonyl (C=O) groups is 2. The Kier molecular flexibility index (Phi) is 6.48. The standard InChI is InChI=1S/C26H27N3O4S.ClH/c1-32-19-6-3-5-16-17(19)10-9-15-13-28(14-18(15)16)11-12-29-25(30)24-23(27-26(29)31)22-20(33-2)7-4-8-21(22)34-24;/h3-8,15,18H,9-14H2,1-2H3,(H,27,31);1H/t15-,18+;/m0./s1. The van der Waals surface area contributed by atoms with Crippen molar-refractivity contribution >= 4 is 39.0 Å². The van der Waals surface area contributed by atoms with Gasteiger partial charge in [0.2, 0.25) is 0 Å². The van der Waals surface area contributed by atoms with Crippen LogP contribution in [-0.2, 0) is 6.42 Å². The minimum absolute atomic E-state index is 0. The van der Waals surface area contributed by atoms with Crippen LogP contribution in [0.5, 0.6) is 11.5 Å². The fourth-order valence-corrected chi connectivity index (χ4v) is 7.14. The molecule has 2 N–H and O–H groups in total. The molecule has 0 spiro atoms. The van der Waals surface area contributed by atoms with E-state index in [1.807, 2.05) is 24.3 Å². The number of hydrogen-bond donors (Lipinski definition) is 1. The second-order valence-corrected chi connectivity index (χ2v) is 10.4. The van der Waals surface area contributed by atoms with Gasteiger partial charge in [-0.15, -0.1) is 11.3 Å². The molecule has 35 heavy (non-hydrogen) atoms. The number of benzene rings is 2. The SMILES string of the molecule is COc1cccc2c1CC[C@H]1CN(CCN3C(=O)[NH2+]c4c(sc5cccc(OC)c45)C3=O)C[C@@H]21.[Cl-]. The lowest BCUT2D eigenvalue weighted by Gasteiger charge is -2.28. The molecule has 1 aliphatic carbocycles. The van der Waals surface area contributed by atoms with Crippen LogP contribution in [0.4, 0.5) is 10.5 Å². The normalized spacial score (nSPS) is 21.4. The smallest absolute Gasteiger partial charge is 0.428 e. The highest BCUT2D eigenvalue weighted by Crippen LogP contribution is 2.44. The molecule has 0 unspecified atom stereocenters. The van der Waals surface area contributed by atoms with E-state index in [2.05, 4.69) is 17.0 Å². The van der Waals surface area contributed by atoms with Crippen molar-refractivity contribution in [2.75, 3.05) is 40.4 Å². The molecule has 7 nitrogen and oxygen atoms in total. The Labute approximate surface area is 214 Å². The molecule has 3 aliphatic rings.